The van der Waals surface area contributed by atoms with Crippen molar-refractivity contribution in [1.82, 2.24) is 5.32 Å². The fourth-order valence-corrected chi connectivity index (χ4v) is 0.380. The summed E-state index contributed by atoms with van der Waals surface area (Å²) in [6.07, 6.45) is -4.51. The average Bonchev–Trinajstić information content (AvgIpc) is 1.85. The van der Waals surface area contributed by atoms with Gasteiger partial charge in [-0.25, -0.2) is 0 Å². The van der Waals surface area contributed by atoms with Crippen LogP contribution in [0.25, 0.3) is 0 Å². The first kappa shape index (κ1) is 10.9. The Kier molecular flexibility index (Phi) is 3.24. The summed E-state index contributed by atoms with van der Waals surface area (Å²) in [5, 5.41) is 1.51. The molecule has 0 bridgehead atoms. The minimum atomic E-state index is -4.51. The van der Waals surface area contributed by atoms with Gasteiger partial charge in [0.2, 0.25) is 5.78 Å². The van der Waals surface area contributed by atoms with E-state index in [4.69, 9.17) is 0 Å². The maximum absolute atomic E-state index is 11.7. The van der Waals surface area contributed by atoms with Crippen molar-refractivity contribution >= 4 is 11.7 Å². The molecule has 3 nitrogen and oxygen atoms in total. The van der Waals surface area contributed by atoms with Crippen LogP contribution in [0.15, 0.2) is 0 Å². The highest BCUT2D eigenvalue weighted by Gasteiger charge is 2.37. The lowest BCUT2D eigenvalue weighted by molar-refractivity contribution is -0.159. The van der Waals surface area contributed by atoms with Crippen molar-refractivity contribution in [3.63, 3.8) is 0 Å². The lowest BCUT2D eigenvalue weighted by atomic mass is 10.3. The summed E-state index contributed by atoms with van der Waals surface area (Å²) in [5.41, 5.74) is 0. The van der Waals surface area contributed by atoms with Crippen LogP contribution >= 0.6 is 0 Å². The Morgan fingerprint density at radius 3 is 2.00 bits per heavy atom. The van der Waals surface area contributed by atoms with Crippen LogP contribution in [0, 0.1) is 0 Å². The quantitative estimate of drug-likeness (QED) is 0.638. The molecule has 0 aliphatic heterocycles. The Labute approximate surface area is 66.9 Å². The van der Waals surface area contributed by atoms with Crippen LogP contribution in [0.2, 0.25) is 0 Å². The van der Waals surface area contributed by atoms with E-state index < -0.39 is 23.9 Å². The average molecular weight is 183 g/mol. The largest absolute Gasteiger partial charge is 0.408 e. The monoisotopic (exact) mass is 183 g/mol. The van der Waals surface area contributed by atoms with E-state index in [0.29, 0.717) is 0 Å². The van der Waals surface area contributed by atoms with Gasteiger partial charge in [0.05, 0.1) is 0 Å². The van der Waals surface area contributed by atoms with Crippen molar-refractivity contribution in [2.24, 2.45) is 0 Å². The molecule has 1 atom stereocenters. The summed E-state index contributed by atoms with van der Waals surface area (Å²) < 4.78 is 35.2. The molecular formula is C6H8F3NO2. The highest BCUT2D eigenvalue weighted by atomic mass is 19.4. The van der Waals surface area contributed by atoms with E-state index >= 15 is 0 Å². The van der Waals surface area contributed by atoms with Gasteiger partial charge in [0.1, 0.15) is 6.04 Å². The number of ketones is 1. The summed E-state index contributed by atoms with van der Waals surface area (Å²) in [6, 6.07) is -1.99. The number of nitrogens with one attached hydrogen (secondary N) is 1. The summed E-state index contributed by atoms with van der Waals surface area (Å²) in [5.74, 6) is -2.16. The molecule has 70 valence electrons. The standard InChI is InChI=1S/C6H8F3NO2/c1-3(11)5(12)10-4(2)6(7,8)9/h4H,1-2H3,(H,10,12)/t4-/m1/s1. The molecular weight excluding hydrogens is 175 g/mol. The zero-order chi connectivity index (χ0) is 9.94. The topological polar surface area (TPSA) is 46.2 Å². The summed E-state index contributed by atoms with van der Waals surface area (Å²) in [7, 11) is 0. The van der Waals surface area contributed by atoms with E-state index in [0.717, 1.165) is 13.8 Å². The molecule has 0 rings (SSSR count). The molecule has 0 saturated carbocycles. The zero-order valence-corrected chi connectivity index (χ0v) is 6.53. The third kappa shape index (κ3) is 3.36. The number of carbonyl (C=O) groups excluding carboxylic acids is 2. The van der Waals surface area contributed by atoms with Gasteiger partial charge in [-0.05, 0) is 6.92 Å². The van der Waals surface area contributed by atoms with Crippen molar-refractivity contribution < 1.29 is 22.8 Å². The minimum absolute atomic E-state index is 0.765. The molecule has 0 unspecified atom stereocenters. The first-order valence-electron chi connectivity index (χ1n) is 3.13. The summed E-state index contributed by atoms with van der Waals surface area (Å²) in [4.78, 5) is 20.7. The van der Waals surface area contributed by atoms with E-state index in [1.165, 1.54) is 5.32 Å². The number of hydrogen-bond donors (Lipinski definition) is 1. The first-order chi connectivity index (χ1) is 5.25. The van der Waals surface area contributed by atoms with Crippen molar-refractivity contribution in [1.29, 1.82) is 0 Å². The number of amides is 1. The van der Waals surface area contributed by atoms with Crippen LogP contribution in [-0.4, -0.2) is 23.9 Å². The van der Waals surface area contributed by atoms with Gasteiger partial charge in [-0.2, -0.15) is 13.2 Å². The Morgan fingerprint density at radius 1 is 1.33 bits per heavy atom. The summed E-state index contributed by atoms with van der Waals surface area (Å²) in [6.45, 7) is 1.67. The predicted octanol–water partition coefficient (Wildman–Crippen LogP) is 0.642. The Balaban J connectivity index is 4.11. The van der Waals surface area contributed by atoms with Crippen LogP contribution in [0.5, 0.6) is 0 Å². The number of rotatable bonds is 2. The van der Waals surface area contributed by atoms with Crippen LogP contribution < -0.4 is 5.32 Å². The van der Waals surface area contributed by atoms with Gasteiger partial charge < -0.3 is 5.32 Å². The molecule has 0 aromatic rings. The van der Waals surface area contributed by atoms with Gasteiger partial charge in [-0.1, -0.05) is 0 Å². The van der Waals surface area contributed by atoms with Crippen LogP contribution in [0.3, 0.4) is 0 Å². The molecule has 0 heterocycles. The highest BCUT2D eigenvalue weighted by molar-refractivity contribution is 6.35. The molecule has 0 aromatic heterocycles. The van der Waals surface area contributed by atoms with E-state index in [-0.39, 0.29) is 0 Å². The van der Waals surface area contributed by atoms with Gasteiger partial charge in [0.15, 0.2) is 0 Å². The third-order valence-electron chi connectivity index (χ3n) is 1.16. The SMILES string of the molecule is CC(=O)C(=O)N[C@H](C)C(F)(F)F. The number of hydrogen-bond acceptors (Lipinski definition) is 2. The normalized spacial score (nSPS) is 13.8. The molecule has 0 radical (unpaired) electrons. The lowest BCUT2D eigenvalue weighted by Crippen LogP contribution is -2.45. The van der Waals surface area contributed by atoms with Crippen molar-refractivity contribution in [2.45, 2.75) is 26.1 Å². The molecule has 0 saturated heterocycles. The fourth-order valence-electron chi connectivity index (χ4n) is 0.380. The molecule has 0 fully saturated rings. The highest BCUT2D eigenvalue weighted by Crippen LogP contribution is 2.19. The van der Waals surface area contributed by atoms with E-state index in [9.17, 15) is 22.8 Å². The number of Topliss-reactive ketones (excluding diaryl/α,β-unsaturated/α-hetero) is 1. The van der Waals surface area contributed by atoms with Gasteiger partial charge >= 0.3 is 6.18 Å². The van der Waals surface area contributed by atoms with Crippen LogP contribution in [0.1, 0.15) is 13.8 Å². The smallest absolute Gasteiger partial charge is 0.338 e. The molecule has 0 aliphatic carbocycles. The maximum Gasteiger partial charge on any atom is 0.408 e. The zero-order valence-electron chi connectivity index (χ0n) is 6.53. The summed E-state index contributed by atoms with van der Waals surface area (Å²) >= 11 is 0. The van der Waals surface area contributed by atoms with Crippen molar-refractivity contribution in [3.05, 3.63) is 0 Å². The second-order valence-corrected chi connectivity index (χ2v) is 2.29. The Hall–Kier alpha value is -1.07. The fraction of sp³-hybridized carbons (Fsp3) is 0.667. The maximum atomic E-state index is 11.7. The van der Waals surface area contributed by atoms with E-state index in [1.807, 2.05) is 0 Å². The van der Waals surface area contributed by atoms with Gasteiger partial charge in [0, 0.05) is 6.92 Å². The number of alkyl halides is 3. The molecule has 6 heteroatoms. The Bertz CT molecular complexity index is 199. The second-order valence-electron chi connectivity index (χ2n) is 2.29. The minimum Gasteiger partial charge on any atom is -0.338 e. The van der Waals surface area contributed by atoms with E-state index in [2.05, 4.69) is 0 Å². The number of carbonyl (C=O) groups is 2. The van der Waals surface area contributed by atoms with Gasteiger partial charge in [-0.15, -0.1) is 0 Å². The lowest BCUT2D eigenvalue weighted by Gasteiger charge is -2.15. The molecule has 0 spiro atoms. The van der Waals surface area contributed by atoms with Gasteiger partial charge in [-0.3, -0.25) is 9.59 Å². The predicted molar refractivity (Wildman–Crippen MR) is 34.3 cm³/mol. The van der Waals surface area contributed by atoms with Crippen molar-refractivity contribution in [2.75, 3.05) is 0 Å². The second kappa shape index (κ2) is 3.55. The van der Waals surface area contributed by atoms with Crippen LogP contribution in [0.4, 0.5) is 13.2 Å². The first-order valence-corrected chi connectivity index (χ1v) is 3.13. The van der Waals surface area contributed by atoms with Gasteiger partial charge in [0.25, 0.3) is 5.91 Å². The third-order valence-corrected chi connectivity index (χ3v) is 1.16. The molecule has 0 aliphatic rings. The number of halogens is 3. The molecule has 1 N–H and O–H groups in total. The van der Waals surface area contributed by atoms with Crippen molar-refractivity contribution in [3.8, 4) is 0 Å². The molecule has 12 heavy (non-hydrogen) atoms. The Morgan fingerprint density at radius 2 is 1.75 bits per heavy atom. The molecule has 0 aromatic carbocycles. The van der Waals surface area contributed by atoms with E-state index in [1.54, 1.807) is 0 Å². The molecule has 1 amide bonds. The van der Waals surface area contributed by atoms with Crippen LogP contribution in [-0.2, 0) is 9.59 Å².